The van der Waals surface area contributed by atoms with Crippen LogP contribution in [0.15, 0.2) is 40.1 Å². The van der Waals surface area contributed by atoms with E-state index < -0.39 is 29.7 Å². The van der Waals surface area contributed by atoms with Crippen molar-refractivity contribution in [2.24, 2.45) is 0 Å². The Morgan fingerprint density at radius 3 is 2.82 bits per heavy atom. The van der Waals surface area contributed by atoms with Crippen LogP contribution in [0.1, 0.15) is 30.7 Å². The largest absolute Gasteiger partial charge is 0.398 e. The van der Waals surface area contributed by atoms with Crippen molar-refractivity contribution >= 4 is 11.6 Å². The van der Waals surface area contributed by atoms with Crippen molar-refractivity contribution in [1.82, 2.24) is 14.9 Å². The molecule has 1 fully saturated rings. The fourth-order valence-corrected chi connectivity index (χ4v) is 3.21. The van der Waals surface area contributed by atoms with Gasteiger partial charge in [-0.15, -0.1) is 0 Å². The summed E-state index contributed by atoms with van der Waals surface area (Å²) < 4.78 is 7.03. The molecule has 0 bridgehead atoms. The minimum Gasteiger partial charge on any atom is -0.398 e. The molecular weight excluding hydrogens is 364 g/mol. The summed E-state index contributed by atoms with van der Waals surface area (Å²) in [7, 11) is 0. The third-order valence-corrected chi connectivity index (χ3v) is 4.84. The predicted molar refractivity (Wildman–Crippen MR) is 103 cm³/mol. The molecule has 0 radical (unpaired) electrons. The highest BCUT2D eigenvalue weighted by atomic mass is 16.5. The summed E-state index contributed by atoms with van der Waals surface area (Å²) >= 11 is 0. The van der Waals surface area contributed by atoms with Gasteiger partial charge in [0.15, 0.2) is 0 Å². The lowest BCUT2D eigenvalue weighted by molar-refractivity contribution is -0.121. The Morgan fingerprint density at radius 2 is 2.11 bits per heavy atom. The Morgan fingerprint density at radius 1 is 1.36 bits per heavy atom. The number of aryl methyl sites for hydroxylation is 1. The molecule has 1 aliphatic rings. The van der Waals surface area contributed by atoms with Crippen LogP contribution in [0.25, 0.3) is 0 Å². The number of ether oxygens (including phenoxy) is 1. The summed E-state index contributed by atoms with van der Waals surface area (Å²) in [5.41, 5.74) is 6.53. The van der Waals surface area contributed by atoms with Gasteiger partial charge in [0.05, 0.1) is 12.5 Å². The fraction of sp³-hybridized carbons (Fsp3) is 0.421. The summed E-state index contributed by atoms with van der Waals surface area (Å²) in [4.78, 5) is 38.2. The first-order valence-corrected chi connectivity index (χ1v) is 9.17. The Balaban J connectivity index is 1.61. The first-order chi connectivity index (χ1) is 13.4. The van der Waals surface area contributed by atoms with Crippen LogP contribution >= 0.6 is 0 Å². The van der Waals surface area contributed by atoms with Gasteiger partial charge in [-0.25, -0.2) is 4.79 Å². The van der Waals surface area contributed by atoms with E-state index in [0.717, 1.165) is 5.56 Å². The van der Waals surface area contributed by atoms with E-state index in [1.807, 2.05) is 6.92 Å². The van der Waals surface area contributed by atoms with Gasteiger partial charge < -0.3 is 20.9 Å². The molecule has 3 rings (SSSR count). The zero-order valence-electron chi connectivity index (χ0n) is 15.6. The Bertz CT molecular complexity index is 967. The topological polar surface area (TPSA) is 139 Å². The van der Waals surface area contributed by atoms with Crippen molar-refractivity contribution in [3.05, 3.63) is 62.4 Å². The molecule has 2 aromatic rings. The number of H-pyrrole nitrogens is 1. The number of nitrogens with two attached hydrogens (primary N) is 1. The number of nitrogen functional groups attached to an aromatic ring is 1. The van der Waals surface area contributed by atoms with Crippen molar-refractivity contribution in [2.45, 2.75) is 44.6 Å². The minimum absolute atomic E-state index is 0.0992. The summed E-state index contributed by atoms with van der Waals surface area (Å²) in [5.74, 6) is -0.244. The number of para-hydroxylation sites is 1. The van der Waals surface area contributed by atoms with Gasteiger partial charge in [0.1, 0.15) is 12.3 Å². The maximum Gasteiger partial charge on any atom is 0.330 e. The Hall–Kier alpha value is -2.91. The maximum absolute atomic E-state index is 12.2. The lowest BCUT2D eigenvalue weighted by atomic mass is 10.1. The molecule has 0 spiro atoms. The summed E-state index contributed by atoms with van der Waals surface area (Å²) in [5, 5.41) is 13.0. The van der Waals surface area contributed by atoms with Crippen molar-refractivity contribution < 1.29 is 14.6 Å². The number of carbonyl (C=O) groups excluding carboxylic acids is 1. The normalized spacial score (nSPS) is 21.6. The molecule has 28 heavy (non-hydrogen) atoms. The highest BCUT2D eigenvalue weighted by molar-refractivity contribution is 5.80. The smallest absolute Gasteiger partial charge is 0.330 e. The third kappa shape index (κ3) is 4.32. The summed E-state index contributed by atoms with van der Waals surface area (Å²) in [6.07, 6.45) is 0.00250. The molecule has 0 saturated carbocycles. The summed E-state index contributed by atoms with van der Waals surface area (Å²) in [6.45, 7) is 1.91. The maximum atomic E-state index is 12.2. The number of aliphatic hydroxyl groups excluding tert-OH is 1. The highest BCUT2D eigenvalue weighted by Crippen LogP contribution is 2.27. The number of rotatable bonds is 6. The number of nitrogens with zero attached hydrogens (tertiary/aromatic N) is 1. The first-order valence-electron chi connectivity index (χ1n) is 9.17. The fourth-order valence-electron chi connectivity index (χ4n) is 3.21. The van der Waals surface area contributed by atoms with Gasteiger partial charge in [-0.1, -0.05) is 25.1 Å². The van der Waals surface area contributed by atoms with E-state index in [4.69, 9.17) is 10.5 Å². The lowest BCUT2D eigenvalue weighted by Crippen LogP contribution is -2.38. The molecule has 5 N–H and O–H groups in total. The van der Waals surface area contributed by atoms with Gasteiger partial charge in [0, 0.05) is 30.4 Å². The Labute approximate surface area is 161 Å². The number of benzene rings is 1. The van der Waals surface area contributed by atoms with Gasteiger partial charge in [-0.05, 0) is 18.1 Å². The monoisotopic (exact) mass is 388 g/mol. The molecule has 9 nitrogen and oxygen atoms in total. The SMILES string of the molecule is CCc1cn([C@H]2C[C@H](O)[C@@H](CNC(=O)Cc3ccccc3N)O2)c(=O)[nH]c1=O. The van der Waals surface area contributed by atoms with E-state index in [2.05, 4.69) is 10.3 Å². The van der Waals surface area contributed by atoms with Crippen LogP contribution in [-0.2, 0) is 22.4 Å². The zero-order chi connectivity index (χ0) is 20.3. The minimum atomic E-state index is -0.851. The quantitative estimate of drug-likeness (QED) is 0.501. The van der Waals surface area contributed by atoms with Crippen LogP contribution < -0.4 is 22.3 Å². The molecule has 1 aliphatic heterocycles. The van der Waals surface area contributed by atoms with Gasteiger partial charge in [-0.3, -0.25) is 19.1 Å². The van der Waals surface area contributed by atoms with E-state index in [1.165, 1.54) is 10.8 Å². The van der Waals surface area contributed by atoms with Crippen LogP contribution in [0, 0.1) is 0 Å². The number of aromatic amines is 1. The van der Waals surface area contributed by atoms with E-state index in [1.54, 1.807) is 24.3 Å². The van der Waals surface area contributed by atoms with Crippen molar-refractivity contribution in [1.29, 1.82) is 0 Å². The predicted octanol–water partition coefficient (Wildman–Crippen LogP) is -0.311. The van der Waals surface area contributed by atoms with Gasteiger partial charge in [0.2, 0.25) is 5.91 Å². The average Bonchev–Trinajstić information content (AvgIpc) is 3.02. The zero-order valence-corrected chi connectivity index (χ0v) is 15.6. The van der Waals surface area contributed by atoms with Crippen molar-refractivity contribution in [3.63, 3.8) is 0 Å². The van der Waals surface area contributed by atoms with Crippen LogP contribution in [-0.4, -0.2) is 39.3 Å². The number of hydrogen-bond acceptors (Lipinski definition) is 6. The number of nitrogens with one attached hydrogen (secondary N) is 2. The molecule has 150 valence electrons. The van der Waals surface area contributed by atoms with Gasteiger partial charge in [0.25, 0.3) is 5.56 Å². The van der Waals surface area contributed by atoms with Crippen LogP contribution in [0.4, 0.5) is 5.69 Å². The van der Waals surface area contributed by atoms with Crippen molar-refractivity contribution in [2.75, 3.05) is 12.3 Å². The molecular formula is C19H24N4O5. The first kappa shape index (κ1) is 19.8. The van der Waals surface area contributed by atoms with E-state index in [0.29, 0.717) is 17.7 Å². The van der Waals surface area contributed by atoms with E-state index in [-0.39, 0.29) is 25.3 Å². The molecule has 1 aromatic heterocycles. The van der Waals surface area contributed by atoms with Crippen LogP contribution in [0.2, 0.25) is 0 Å². The molecule has 3 atom stereocenters. The molecule has 1 saturated heterocycles. The van der Waals surface area contributed by atoms with Crippen LogP contribution in [0.5, 0.6) is 0 Å². The molecule has 9 heteroatoms. The number of aliphatic hydroxyl groups is 1. The average molecular weight is 388 g/mol. The number of carbonyl (C=O) groups is 1. The number of aromatic nitrogens is 2. The van der Waals surface area contributed by atoms with E-state index >= 15 is 0 Å². The lowest BCUT2D eigenvalue weighted by Gasteiger charge is -2.17. The molecule has 2 heterocycles. The number of hydrogen-bond donors (Lipinski definition) is 4. The van der Waals surface area contributed by atoms with Crippen LogP contribution in [0.3, 0.4) is 0 Å². The molecule has 1 amide bonds. The number of amides is 1. The summed E-state index contributed by atoms with van der Waals surface area (Å²) in [6, 6.07) is 7.10. The third-order valence-electron chi connectivity index (χ3n) is 4.84. The number of anilines is 1. The molecule has 0 unspecified atom stereocenters. The van der Waals surface area contributed by atoms with E-state index in [9.17, 15) is 19.5 Å². The highest BCUT2D eigenvalue weighted by Gasteiger charge is 2.35. The van der Waals surface area contributed by atoms with Gasteiger partial charge in [-0.2, -0.15) is 0 Å². The second-order valence-corrected chi connectivity index (χ2v) is 6.79. The second kappa shape index (κ2) is 8.41. The molecule has 1 aromatic carbocycles. The van der Waals surface area contributed by atoms with Gasteiger partial charge >= 0.3 is 5.69 Å². The second-order valence-electron chi connectivity index (χ2n) is 6.79. The standard InChI is InChI=1S/C19H24N4O5/c1-2-11-10-23(19(27)22-18(11)26)17-8-14(24)15(28-17)9-21-16(25)7-12-5-3-4-6-13(12)20/h3-6,10,14-15,17,24H,2,7-9,20H2,1H3,(H,21,25)(H,22,26,27)/t14-,15+,17+/m0/s1. The molecule has 0 aliphatic carbocycles. The van der Waals surface area contributed by atoms with Crippen molar-refractivity contribution in [3.8, 4) is 0 Å². The Kier molecular flexibility index (Phi) is 5.96.